The highest BCUT2D eigenvalue weighted by atomic mass is 15.0. The minimum atomic E-state index is 0.638. The van der Waals surface area contributed by atoms with Crippen LogP contribution in [0, 0.1) is 6.92 Å². The fraction of sp³-hybridized carbons (Fsp3) is 0.0408. The van der Waals surface area contributed by atoms with Crippen LogP contribution in [0.25, 0.3) is 83.6 Å². The monoisotopic (exact) mass is 667 g/mol. The summed E-state index contributed by atoms with van der Waals surface area (Å²) >= 11 is 0. The fourth-order valence-electron chi connectivity index (χ4n) is 7.06. The molecule has 1 heterocycles. The van der Waals surface area contributed by atoms with Crippen molar-refractivity contribution in [2.24, 2.45) is 0 Å². The molecule has 0 saturated heterocycles. The first-order valence-electron chi connectivity index (χ1n) is 17.6. The molecule has 248 valence electrons. The lowest BCUT2D eigenvalue weighted by Gasteiger charge is -2.20. The Bertz CT molecular complexity index is 2590. The molecule has 3 nitrogen and oxygen atoms in total. The molecule has 52 heavy (non-hydrogen) atoms. The first-order chi connectivity index (χ1) is 25.6. The second kappa shape index (κ2) is 14.3. The van der Waals surface area contributed by atoms with Gasteiger partial charge in [-0.05, 0) is 111 Å². The topological polar surface area (TPSA) is 38.7 Å². The average Bonchev–Trinajstić information content (AvgIpc) is 3.21. The van der Waals surface area contributed by atoms with E-state index in [1.807, 2.05) is 43.3 Å². The van der Waals surface area contributed by atoms with Crippen molar-refractivity contribution in [3.8, 4) is 67.3 Å². The van der Waals surface area contributed by atoms with Crippen molar-refractivity contribution >= 4 is 16.3 Å². The van der Waals surface area contributed by atoms with Gasteiger partial charge in [-0.3, -0.25) is 0 Å². The quantitative estimate of drug-likeness (QED) is 0.151. The van der Waals surface area contributed by atoms with Gasteiger partial charge >= 0.3 is 0 Å². The molecule has 0 aliphatic carbocycles. The van der Waals surface area contributed by atoms with Crippen LogP contribution in [-0.2, 0) is 0 Å². The van der Waals surface area contributed by atoms with Crippen LogP contribution in [0.4, 0.5) is 0 Å². The molecule has 0 N–H and O–H groups in total. The lowest BCUT2D eigenvalue weighted by atomic mass is 9.83. The van der Waals surface area contributed by atoms with E-state index >= 15 is 0 Å². The number of benzene rings is 7. The number of nitrogens with zero attached hydrogens (tertiary/aromatic N) is 3. The van der Waals surface area contributed by atoms with Crippen LogP contribution >= 0.6 is 0 Å². The molecule has 7 aromatic carbocycles. The average molecular weight is 668 g/mol. The Kier molecular flexibility index (Phi) is 8.91. The third-order valence-electron chi connectivity index (χ3n) is 9.53. The normalized spacial score (nSPS) is 11.5. The number of hydrogen-bond donors (Lipinski definition) is 0. The summed E-state index contributed by atoms with van der Waals surface area (Å²) in [7, 11) is 0. The molecule has 8 aromatic rings. The fourth-order valence-corrected chi connectivity index (χ4v) is 7.06. The molecule has 0 radical (unpaired) electrons. The summed E-state index contributed by atoms with van der Waals surface area (Å²) in [6.07, 6.45) is 4.09. The van der Waals surface area contributed by atoms with Gasteiger partial charge in [0, 0.05) is 11.1 Å². The smallest absolute Gasteiger partial charge is 0.163 e. The Hall–Kier alpha value is -6.71. The standard InChI is InChI=1S/C49H37N3/c1-4-34(5-2)45-32-46(47(44-27-16-15-26-43(44)45)39-25-17-24-38(28-39)35-18-9-6-10-19-35)41-29-40(36-20-11-7-12-21-36)30-42(31-41)49-51-33(3)50-48(52-49)37-22-13-8-14-23-37/h4-32H,1H2,2-3H3/b34-5+. The molecule has 0 bridgehead atoms. The van der Waals surface area contributed by atoms with E-state index in [0.717, 1.165) is 50.1 Å². The first kappa shape index (κ1) is 32.5. The molecular formula is C49H37N3. The van der Waals surface area contributed by atoms with Gasteiger partial charge < -0.3 is 0 Å². The van der Waals surface area contributed by atoms with Crippen LogP contribution in [0.2, 0.25) is 0 Å². The second-order valence-corrected chi connectivity index (χ2v) is 12.8. The Morgan fingerprint density at radius 1 is 0.462 bits per heavy atom. The Morgan fingerprint density at radius 2 is 0.962 bits per heavy atom. The summed E-state index contributed by atoms with van der Waals surface area (Å²) in [4.78, 5) is 14.7. The Labute approximate surface area is 305 Å². The SMILES string of the molecule is C=C/C(=C\C)c1cc(-c2cc(-c3ccccc3)cc(-c3nc(C)nc(-c4ccccc4)n3)c2)c(-c2cccc(-c3ccccc3)c2)c2ccccc12. The molecular weight excluding hydrogens is 631 g/mol. The van der Waals surface area contributed by atoms with Crippen LogP contribution in [0.3, 0.4) is 0 Å². The largest absolute Gasteiger partial charge is 0.213 e. The van der Waals surface area contributed by atoms with Crippen molar-refractivity contribution in [2.45, 2.75) is 13.8 Å². The molecule has 0 unspecified atom stereocenters. The highest BCUT2D eigenvalue weighted by Crippen LogP contribution is 2.44. The zero-order valence-corrected chi connectivity index (χ0v) is 29.3. The number of fused-ring (bicyclic) bond motifs is 1. The third kappa shape index (κ3) is 6.36. The summed E-state index contributed by atoms with van der Waals surface area (Å²) in [5, 5.41) is 2.36. The molecule has 0 aliphatic rings. The molecule has 0 amide bonds. The van der Waals surface area contributed by atoms with E-state index < -0.39 is 0 Å². The van der Waals surface area contributed by atoms with Crippen molar-refractivity contribution < 1.29 is 0 Å². The summed E-state index contributed by atoms with van der Waals surface area (Å²) in [5.41, 5.74) is 13.2. The van der Waals surface area contributed by atoms with Crippen molar-refractivity contribution in [1.82, 2.24) is 15.0 Å². The van der Waals surface area contributed by atoms with E-state index in [4.69, 9.17) is 15.0 Å². The van der Waals surface area contributed by atoms with E-state index in [-0.39, 0.29) is 0 Å². The predicted octanol–water partition coefficient (Wildman–Crippen LogP) is 12.9. The minimum absolute atomic E-state index is 0.638. The minimum Gasteiger partial charge on any atom is -0.213 e. The van der Waals surface area contributed by atoms with Gasteiger partial charge in [0.2, 0.25) is 0 Å². The molecule has 1 aromatic heterocycles. The Balaban J connectivity index is 1.44. The molecule has 8 rings (SSSR count). The summed E-state index contributed by atoms with van der Waals surface area (Å²) in [6, 6.07) is 57.9. The van der Waals surface area contributed by atoms with Gasteiger partial charge in [0.05, 0.1) is 0 Å². The van der Waals surface area contributed by atoms with E-state index in [0.29, 0.717) is 17.5 Å². The summed E-state index contributed by atoms with van der Waals surface area (Å²) in [6.45, 7) is 8.21. The number of aromatic nitrogens is 3. The maximum atomic E-state index is 5.05. The van der Waals surface area contributed by atoms with Gasteiger partial charge in [-0.1, -0.05) is 152 Å². The van der Waals surface area contributed by atoms with Crippen molar-refractivity contribution in [3.05, 3.63) is 194 Å². The zero-order valence-electron chi connectivity index (χ0n) is 29.3. The lowest BCUT2D eigenvalue weighted by molar-refractivity contribution is 0.992. The molecule has 3 heteroatoms. The second-order valence-electron chi connectivity index (χ2n) is 12.8. The highest BCUT2D eigenvalue weighted by molar-refractivity contribution is 6.10. The van der Waals surface area contributed by atoms with E-state index in [1.165, 1.54) is 27.5 Å². The predicted molar refractivity (Wildman–Crippen MR) is 219 cm³/mol. The van der Waals surface area contributed by atoms with Crippen LogP contribution in [0.1, 0.15) is 18.3 Å². The van der Waals surface area contributed by atoms with Crippen LogP contribution < -0.4 is 0 Å². The van der Waals surface area contributed by atoms with E-state index in [2.05, 4.69) is 153 Å². The molecule has 0 saturated carbocycles. The number of allylic oxidation sites excluding steroid dienone is 3. The third-order valence-corrected chi connectivity index (χ3v) is 9.53. The molecule has 0 aliphatic heterocycles. The highest BCUT2D eigenvalue weighted by Gasteiger charge is 2.20. The van der Waals surface area contributed by atoms with Gasteiger partial charge in [-0.25, -0.2) is 15.0 Å². The van der Waals surface area contributed by atoms with Gasteiger partial charge in [0.25, 0.3) is 0 Å². The number of aryl methyl sites for hydroxylation is 1. The first-order valence-corrected chi connectivity index (χ1v) is 17.6. The molecule has 0 fully saturated rings. The summed E-state index contributed by atoms with van der Waals surface area (Å²) in [5.74, 6) is 1.97. The molecule has 0 atom stereocenters. The van der Waals surface area contributed by atoms with Crippen LogP contribution in [0.15, 0.2) is 183 Å². The van der Waals surface area contributed by atoms with Crippen LogP contribution in [-0.4, -0.2) is 15.0 Å². The summed E-state index contributed by atoms with van der Waals surface area (Å²) < 4.78 is 0. The van der Waals surface area contributed by atoms with Crippen molar-refractivity contribution in [2.75, 3.05) is 0 Å². The zero-order chi connectivity index (χ0) is 35.4. The maximum Gasteiger partial charge on any atom is 0.163 e. The maximum absolute atomic E-state index is 5.05. The van der Waals surface area contributed by atoms with Crippen LogP contribution in [0.5, 0.6) is 0 Å². The number of rotatable bonds is 8. The van der Waals surface area contributed by atoms with Crippen molar-refractivity contribution in [3.63, 3.8) is 0 Å². The van der Waals surface area contributed by atoms with Gasteiger partial charge in [0.15, 0.2) is 11.6 Å². The lowest BCUT2D eigenvalue weighted by Crippen LogP contribution is -2.00. The number of hydrogen-bond acceptors (Lipinski definition) is 3. The van der Waals surface area contributed by atoms with E-state index in [1.54, 1.807) is 0 Å². The van der Waals surface area contributed by atoms with Gasteiger partial charge in [-0.2, -0.15) is 0 Å². The molecule has 0 spiro atoms. The van der Waals surface area contributed by atoms with Gasteiger partial charge in [0.1, 0.15) is 5.82 Å². The Morgan fingerprint density at radius 3 is 1.62 bits per heavy atom. The van der Waals surface area contributed by atoms with E-state index in [9.17, 15) is 0 Å². The van der Waals surface area contributed by atoms with Gasteiger partial charge in [-0.15, -0.1) is 0 Å². The van der Waals surface area contributed by atoms with Crippen molar-refractivity contribution in [1.29, 1.82) is 0 Å².